The van der Waals surface area contributed by atoms with Gasteiger partial charge in [-0.25, -0.2) is 0 Å². The number of rotatable bonds is 4. The molecule has 0 fully saturated rings. The number of carbonyl (C=O) groups excluding carboxylic acids is 2. The number of thiophene rings is 1. The predicted octanol–water partition coefficient (Wildman–Crippen LogP) is 2.76. The summed E-state index contributed by atoms with van der Waals surface area (Å²) in [7, 11) is 1.59. The van der Waals surface area contributed by atoms with Crippen LogP contribution in [0.15, 0.2) is 47.2 Å². The molecule has 0 bridgehead atoms. The summed E-state index contributed by atoms with van der Waals surface area (Å²) in [5, 5.41) is 9.07. The van der Waals surface area contributed by atoms with Crippen LogP contribution in [-0.4, -0.2) is 18.9 Å². The summed E-state index contributed by atoms with van der Waals surface area (Å²) < 4.78 is 0. The highest BCUT2D eigenvalue weighted by molar-refractivity contribution is 7.08. The topological polar surface area (TPSA) is 58.2 Å². The van der Waals surface area contributed by atoms with Crippen molar-refractivity contribution in [2.75, 3.05) is 12.4 Å². The van der Waals surface area contributed by atoms with Crippen LogP contribution >= 0.6 is 11.3 Å². The van der Waals surface area contributed by atoms with Crippen molar-refractivity contribution < 1.29 is 9.59 Å². The van der Waals surface area contributed by atoms with Gasteiger partial charge in [-0.15, -0.1) is 0 Å². The molecule has 1 aromatic carbocycles. The van der Waals surface area contributed by atoms with Crippen molar-refractivity contribution in [2.45, 2.75) is 0 Å². The van der Waals surface area contributed by atoms with E-state index in [1.54, 1.807) is 37.4 Å². The molecule has 0 aliphatic heterocycles. The van der Waals surface area contributed by atoms with Gasteiger partial charge < -0.3 is 10.6 Å². The Hall–Kier alpha value is -2.40. The van der Waals surface area contributed by atoms with E-state index >= 15 is 0 Å². The molecule has 0 spiro atoms. The summed E-state index contributed by atoms with van der Waals surface area (Å²) in [6, 6.07) is 8.86. The average molecular weight is 286 g/mol. The van der Waals surface area contributed by atoms with Crippen LogP contribution in [-0.2, 0) is 4.79 Å². The van der Waals surface area contributed by atoms with Gasteiger partial charge in [-0.3, -0.25) is 9.59 Å². The van der Waals surface area contributed by atoms with Crippen LogP contribution < -0.4 is 10.6 Å². The molecule has 0 unspecified atom stereocenters. The summed E-state index contributed by atoms with van der Waals surface area (Å²) in [5.41, 5.74) is 2.24. The van der Waals surface area contributed by atoms with Crippen LogP contribution in [0.4, 0.5) is 5.69 Å². The quantitative estimate of drug-likeness (QED) is 0.849. The third-order valence-electron chi connectivity index (χ3n) is 2.62. The molecule has 0 atom stereocenters. The van der Waals surface area contributed by atoms with Gasteiger partial charge in [-0.2, -0.15) is 11.3 Å². The monoisotopic (exact) mass is 286 g/mol. The Labute approximate surface area is 121 Å². The molecule has 0 saturated heterocycles. The second kappa shape index (κ2) is 6.68. The minimum Gasteiger partial charge on any atom is -0.355 e. The second-order valence-corrected chi connectivity index (χ2v) is 4.82. The molecule has 0 radical (unpaired) electrons. The first-order valence-electron chi connectivity index (χ1n) is 6.02. The van der Waals surface area contributed by atoms with Crippen LogP contribution in [0.3, 0.4) is 0 Å². The zero-order valence-electron chi connectivity index (χ0n) is 10.9. The van der Waals surface area contributed by atoms with Crippen LogP contribution in [0.2, 0.25) is 0 Å². The van der Waals surface area contributed by atoms with Crippen molar-refractivity contribution >= 4 is 34.9 Å². The van der Waals surface area contributed by atoms with E-state index < -0.39 is 0 Å². The second-order valence-electron chi connectivity index (χ2n) is 4.04. The highest BCUT2D eigenvalue weighted by Crippen LogP contribution is 2.12. The molecule has 102 valence electrons. The first-order chi connectivity index (χ1) is 9.69. The lowest BCUT2D eigenvalue weighted by atomic mass is 10.1. The first kappa shape index (κ1) is 14.0. The van der Waals surface area contributed by atoms with E-state index in [9.17, 15) is 9.59 Å². The fourth-order valence-electron chi connectivity index (χ4n) is 1.58. The molecule has 2 amide bonds. The molecule has 5 heteroatoms. The van der Waals surface area contributed by atoms with E-state index in [0.29, 0.717) is 5.56 Å². The summed E-state index contributed by atoms with van der Waals surface area (Å²) in [4.78, 5) is 23.0. The standard InChI is InChI=1S/C15H14N2O2S/c1-16-15(19)12-5-2-11(3-6-12)4-7-14(18)17-13-8-9-20-10-13/h2-10H,1H3,(H,16,19)(H,17,18)/b7-4+. The summed E-state index contributed by atoms with van der Waals surface area (Å²) in [5.74, 6) is -0.311. The van der Waals surface area contributed by atoms with Crippen LogP contribution in [0, 0.1) is 0 Å². The number of benzene rings is 1. The molecule has 1 aromatic heterocycles. The van der Waals surface area contributed by atoms with Crippen molar-refractivity contribution in [1.82, 2.24) is 5.32 Å². The number of anilines is 1. The maximum absolute atomic E-state index is 11.6. The van der Waals surface area contributed by atoms with E-state index in [-0.39, 0.29) is 11.8 Å². The fraction of sp³-hybridized carbons (Fsp3) is 0.0667. The Morgan fingerprint density at radius 1 is 1.15 bits per heavy atom. The molecule has 0 saturated carbocycles. The molecule has 2 N–H and O–H groups in total. The minimum atomic E-state index is -0.182. The van der Waals surface area contributed by atoms with Crippen molar-refractivity contribution in [3.05, 3.63) is 58.3 Å². The number of amides is 2. The van der Waals surface area contributed by atoms with Crippen LogP contribution in [0.1, 0.15) is 15.9 Å². The van der Waals surface area contributed by atoms with Crippen molar-refractivity contribution in [2.24, 2.45) is 0 Å². The number of nitrogens with one attached hydrogen (secondary N) is 2. The van der Waals surface area contributed by atoms with Crippen LogP contribution in [0.5, 0.6) is 0 Å². The Morgan fingerprint density at radius 2 is 1.90 bits per heavy atom. The molecule has 0 aliphatic carbocycles. The third-order valence-corrected chi connectivity index (χ3v) is 3.30. The lowest BCUT2D eigenvalue weighted by molar-refractivity contribution is -0.111. The molecule has 1 heterocycles. The van der Waals surface area contributed by atoms with E-state index in [2.05, 4.69) is 10.6 Å². The van der Waals surface area contributed by atoms with E-state index in [4.69, 9.17) is 0 Å². The zero-order chi connectivity index (χ0) is 14.4. The van der Waals surface area contributed by atoms with Gasteiger partial charge in [-0.05, 0) is 35.2 Å². The van der Waals surface area contributed by atoms with Crippen LogP contribution in [0.25, 0.3) is 6.08 Å². The Balaban J connectivity index is 1.97. The van der Waals surface area contributed by atoms with E-state index in [1.807, 2.05) is 16.8 Å². The number of hydrogen-bond acceptors (Lipinski definition) is 3. The Morgan fingerprint density at radius 3 is 2.50 bits per heavy atom. The van der Waals surface area contributed by atoms with Gasteiger partial charge in [0.25, 0.3) is 5.91 Å². The molecular weight excluding hydrogens is 272 g/mol. The molecule has 2 aromatic rings. The average Bonchev–Trinajstić information content (AvgIpc) is 2.97. The smallest absolute Gasteiger partial charge is 0.251 e. The SMILES string of the molecule is CNC(=O)c1ccc(/C=C/C(=O)Nc2ccsc2)cc1. The van der Waals surface area contributed by atoms with E-state index in [0.717, 1.165) is 11.3 Å². The van der Waals surface area contributed by atoms with Crippen molar-refractivity contribution in [3.8, 4) is 0 Å². The molecule has 20 heavy (non-hydrogen) atoms. The van der Waals surface area contributed by atoms with Gasteiger partial charge in [-0.1, -0.05) is 12.1 Å². The van der Waals surface area contributed by atoms with Gasteiger partial charge in [0.05, 0.1) is 5.69 Å². The Kier molecular flexibility index (Phi) is 4.68. The normalized spacial score (nSPS) is 10.4. The zero-order valence-corrected chi connectivity index (χ0v) is 11.7. The fourth-order valence-corrected chi connectivity index (χ4v) is 2.17. The molecule has 2 rings (SSSR count). The summed E-state index contributed by atoms with van der Waals surface area (Å²) >= 11 is 1.53. The highest BCUT2D eigenvalue weighted by atomic mass is 32.1. The predicted molar refractivity (Wildman–Crippen MR) is 81.8 cm³/mol. The van der Waals surface area contributed by atoms with Crippen molar-refractivity contribution in [1.29, 1.82) is 0 Å². The number of carbonyl (C=O) groups is 2. The minimum absolute atomic E-state index is 0.129. The first-order valence-corrected chi connectivity index (χ1v) is 6.97. The molecular formula is C15H14N2O2S. The van der Waals surface area contributed by atoms with Gasteiger partial charge in [0.1, 0.15) is 0 Å². The summed E-state index contributed by atoms with van der Waals surface area (Å²) in [6.45, 7) is 0. The Bertz CT molecular complexity index is 616. The van der Waals surface area contributed by atoms with Crippen molar-refractivity contribution in [3.63, 3.8) is 0 Å². The maximum atomic E-state index is 11.6. The molecule has 0 aliphatic rings. The summed E-state index contributed by atoms with van der Waals surface area (Å²) in [6.07, 6.45) is 3.17. The lowest BCUT2D eigenvalue weighted by Crippen LogP contribution is -2.17. The third kappa shape index (κ3) is 3.80. The maximum Gasteiger partial charge on any atom is 0.251 e. The molecule has 4 nitrogen and oxygen atoms in total. The number of hydrogen-bond donors (Lipinski definition) is 2. The van der Waals surface area contributed by atoms with E-state index in [1.165, 1.54) is 17.4 Å². The highest BCUT2D eigenvalue weighted by Gasteiger charge is 2.01. The largest absolute Gasteiger partial charge is 0.355 e. The lowest BCUT2D eigenvalue weighted by Gasteiger charge is -2.00. The van der Waals surface area contributed by atoms with Gasteiger partial charge in [0.15, 0.2) is 0 Å². The van der Waals surface area contributed by atoms with Gasteiger partial charge >= 0.3 is 0 Å². The van der Waals surface area contributed by atoms with Gasteiger partial charge in [0, 0.05) is 24.1 Å². The van der Waals surface area contributed by atoms with Gasteiger partial charge in [0.2, 0.25) is 5.91 Å².